The molecule has 0 radical (unpaired) electrons. The van der Waals surface area contributed by atoms with E-state index in [1.165, 1.54) is 18.4 Å². The van der Waals surface area contributed by atoms with E-state index in [4.69, 9.17) is 5.11 Å². The summed E-state index contributed by atoms with van der Waals surface area (Å²) in [6.07, 6.45) is 4.03. The smallest absolute Gasteiger partial charge is 0.318 e. The summed E-state index contributed by atoms with van der Waals surface area (Å²) in [6.45, 7) is 2.13. The molecule has 1 saturated carbocycles. The Kier molecular flexibility index (Phi) is 4.15. The average Bonchev–Trinajstić information content (AvgIpc) is 2.96. The first-order valence-electron chi connectivity index (χ1n) is 5.02. The van der Waals surface area contributed by atoms with Crippen LogP contribution in [-0.4, -0.2) is 23.7 Å². The summed E-state index contributed by atoms with van der Waals surface area (Å²) < 4.78 is 0. The van der Waals surface area contributed by atoms with Gasteiger partial charge in [0.05, 0.1) is 6.42 Å². The van der Waals surface area contributed by atoms with E-state index >= 15 is 0 Å². The Bertz CT molecular complexity index is 282. The molecule has 1 fully saturated rings. The third-order valence-electron chi connectivity index (χ3n) is 2.28. The molecule has 2 amide bonds. The predicted molar refractivity (Wildman–Crippen MR) is 55.3 cm³/mol. The molecule has 0 aromatic rings. The summed E-state index contributed by atoms with van der Waals surface area (Å²) in [5.74, 6) is -0.288. The lowest BCUT2D eigenvalue weighted by atomic mass is 10.2. The van der Waals surface area contributed by atoms with Crippen LogP contribution in [0.25, 0.3) is 0 Å². The highest BCUT2D eigenvalue weighted by Crippen LogP contribution is 2.35. The van der Waals surface area contributed by atoms with Crippen LogP contribution < -0.4 is 10.6 Å². The van der Waals surface area contributed by atoms with Crippen LogP contribution in [0.4, 0.5) is 4.79 Å². The van der Waals surface area contributed by atoms with E-state index in [1.807, 2.05) is 6.92 Å². The molecule has 0 aromatic carbocycles. The number of amides is 2. The molecule has 1 aliphatic rings. The molecular formula is C10H16N2O3. The molecule has 3 N–H and O–H groups in total. The highest BCUT2D eigenvalue weighted by atomic mass is 16.4. The van der Waals surface area contributed by atoms with E-state index in [0.717, 1.165) is 0 Å². The zero-order valence-corrected chi connectivity index (χ0v) is 8.75. The number of carboxylic acids is 1. The van der Waals surface area contributed by atoms with E-state index in [0.29, 0.717) is 5.92 Å². The van der Waals surface area contributed by atoms with Crippen molar-refractivity contribution in [3.8, 4) is 0 Å². The molecule has 5 heteroatoms. The van der Waals surface area contributed by atoms with Crippen molar-refractivity contribution in [2.75, 3.05) is 6.54 Å². The summed E-state index contributed by atoms with van der Waals surface area (Å²) in [7, 11) is 0. The Balaban J connectivity index is 2.12. The van der Waals surface area contributed by atoms with Crippen molar-refractivity contribution < 1.29 is 14.7 Å². The Hall–Kier alpha value is -1.52. The topological polar surface area (TPSA) is 78.4 Å². The van der Waals surface area contributed by atoms with Crippen LogP contribution in [0.15, 0.2) is 11.8 Å². The van der Waals surface area contributed by atoms with E-state index < -0.39 is 5.97 Å². The molecule has 0 bridgehead atoms. The number of carboxylic acid groups (broad SMARTS) is 1. The standard InChI is InChI=1S/C10H16N2O3/c1-7(8-2-3-8)6-12-10(15)11-5-4-9(13)14/h6,8H,2-5H2,1H3,(H,13,14)(H2,11,12,15)/b7-6+. The Morgan fingerprint density at radius 1 is 1.47 bits per heavy atom. The van der Waals surface area contributed by atoms with Gasteiger partial charge in [0, 0.05) is 12.7 Å². The summed E-state index contributed by atoms with van der Waals surface area (Å²) >= 11 is 0. The SMILES string of the molecule is C/C(=C\NC(=O)NCCC(=O)O)C1CC1. The first-order valence-corrected chi connectivity index (χ1v) is 5.02. The van der Waals surface area contributed by atoms with Gasteiger partial charge in [0.1, 0.15) is 0 Å². The van der Waals surface area contributed by atoms with Crippen LogP contribution in [0.5, 0.6) is 0 Å². The molecular weight excluding hydrogens is 196 g/mol. The number of rotatable bonds is 5. The summed E-state index contributed by atoms with van der Waals surface area (Å²) in [6, 6.07) is -0.351. The van der Waals surface area contributed by atoms with Gasteiger partial charge in [0.2, 0.25) is 0 Å². The fourth-order valence-corrected chi connectivity index (χ4v) is 1.17. The van der Waals surface area contributed by atoms with Crippen molar-refractivity contribution >= 4 is 12.0 Å². The Labute approximate surface area is 88.5 Å². The molecule has 0 heterocycles. The number of nitrogens with one attached hydrogen (secondary N) is 2. The van der Waals surface area contributed by atoms with E-state index in [1.54, 1.807) is 6.20 Å². The van der Waals surface area contributed by atoms with Crippen LogP contribution in [-0.2, 0) is 4.79 Å². The van der Waals surface area contributed by atoms with Gasteiger partial charge < -0.3 is 15.7 Å². The molecule has 5 nitrogen and oxygen atoms in total. The third kappa shape index (κ3) is 5.05. The van der Waals surface area contributed by atoms with E-state index in [9.17, 15) is 9.59 Å². The molecule has 0 unspecified atom stereocenters. The zero-order valence-electron chi connectivity index (χ0n) is 8.75. The Morgan fingerprint density at radius 3 is 2.67 bits per heavy atom. The van der Waals surface area contributed by atoms with Crippen LogP contribution >= 0.6 is 0 Å². The number of carbonyl (C=O) groups is 2. The van der Waals surface area contributed by atoms with Crippen LogP contribution in [0.3, 0.4) is 0 Å². The van der Waals surface area contributed by atoms with Gasteiger partial charge in [-0.1, -0.05) is 5.57 Å². The minimum absolute atomic E-state index is 0.0568. The maximum Gasteiger partial charge on any atom is 0.318 e. The normalized spacial score (nSPS) is 15.9. The van der Waals surface area contributed by atoms with Crippen molar-refractivity contribution in [2.45, 2.75) is 26.2 Å². The van der Waals surface area contributed by atoms with Crippen LogP contribution in [0.1, 0.15) is 26.2 Å². The van der Waals surface area contributed by atoms with Crippen molar-refractivity contribution in [3.05, 3.63) is 11.8 Å². The monoisotopic (exact) mass is 212 g/mol. The molecule has 0 aliphatic heterocycles. The van der Waals surface area contributed by atoms with Gasteiger partial charge in [-0.25, -0.2) is 4.79 Å². The highest BCUT2D eigenvalue weighted by molar-refractivity contribution is 5.75. The summed E-state index contributed by atoms with van der Waals surface area (Å²) in [5.41, 5.74) is 1.17. The molecule has 1 aliphatic carbocycles. The number of hydrogen-bond donors (Lipinski definition) is 3. The first-order chi connectivity index (χ1) is 7.09. The van der Waals surface area contributed by atoms with Crippen molar-refractivity contribution in [2.24, 2.45) is 5.92 Å². The fraction of sp³-hybridized carbons (Fsp3) is 0.600. The van der Waals surface area contributed by atoms with Crippen molar-refractivity contribution in [3.63, 3.8) is 0 Å². The van der Waals surface area contributed by atoms with Crippen molar-refractivity contribution in [1.82, 2.24) is 10.6 Å². The molecule has 0 spiro atoms. The predicted octanol–water partition coefficient (Wildman–Crippen LogP) is 1.07. The average molecular weight is 212 g/mol. The molecule has 0 aromatic heterocycles. The summed E-state index contributed by atoms with van der Waals surface area (Å²) in [4.78, 5) is 21.3. The van der Waals surface area contributed by atoms with Gasteiger partial charge in [0.15, 0.2) is 0 Å². The van der Waals surface area contributed by atoms with Gasteiger partial charge in [-0.3, -0.25) is 4.79 Å². The fourth-order valence-electron chi connectivity index (χ4n) is 1.17. The van der Waals surface area contributed by atoms with Crippen LogP contribution in [0, 0.1) is 5.92 Å². The minimum Gasteiger partial charge on any atom is -0.481 e. The minimum atomic E-state index is -0.917. The quantitative estimate of drug-likeness (QED) is 0.638. The van der Waals surface area contributed by atoms with Gasteiger partial charge in [-0.05, 0) is 25.7 Å². The molecule has 0 atom stereocenters. The molecule has 1 rings (SSSR count). The van der Waals surface area contributed by atoms with Gasteiger partial charge in [0.25, 0.3) is 0 Å². The van der Waals surface area contributed by atoms with Crippen LogP contribution in [0.2, 0.25) is 0 Å². The highest BCUT2D eigenvalue weighted by Gasteiger charge is 2.22. The number of hydrogen-bond acceptors (Lipinski definition) is 2. The van der Waals surface area contributed by atoms with Gasteiger partial charge in [-0.15, -0.1) is 0 Å². The van der Waals surface area contributed by atoms with Gasteiger partial charge >= 0.3 is 12.0 Å². The lowest BCUT2D eigenvalue weighted by molar-refractivity contribution is -0.136. The van der Waals surface area contributed by atoms with E-state index in [2.05, 4.69) is 10.6 Å². The largest absolute Gasteiger partial charge is 0.481 e. The number of aliphatic carboxylic acids is 1. The lowest BCUT2D eigenvalue weighted by Crippen LogP contribution is -2.33. The first kappa shape index (κ1) is 11.6. The zero-order chi connectivity index (χ0) is 11.3. The third-order valence-corrected chi connectivity index (χ3v) is 2.28. The summed E-state index contributed by atoms with van der Waals surface area (Å²) in [5, 5.41) is 13.4. The number of allylic oxidation sites excluding steroid dienone is 1. The maximum absolute atomic E-state index is 11.1. The maximum atomic E-state index is 11.1. The van der Waals surface area contributed by atoms with Gasteiger partial charge in [-0.2, -0.15) is 0 Å². The lowest BCUT2D eigenvalue weighted by Gasteiger charge is -2.03. The molecule has 84 valence electrons. The number of urea groups is 1. The number of carbonyl (C=O) groups excluding carboxylic acids is 1. The van der Waals surface area contributed by atoms with Crippen molar-refractivity contribution in [1.29, 1.82) is 0 Å². The second-order valence-corrected chi connectivity index (χ2v) is 3.71. The molecule has 0 saturated heterocycles. The molecule has 15 heavy (non-hydrogen) atoms. The second kappa shape index (κ2) is 5.38. The Morgan fingerprint density at radius 2 is 2.13 bits per heavy atom. The van der Waals surface area contributed by atoms with E-state index in [-0.39, 0.29) is 19.0 Å². The second-order valence-electron chi connectivity index (χ2n) is 3.71.